The third kappa shape index (κ3) is 2.31. The minimum Gasteiger partial charge on any atom is -0.358 e. The van der Waals surface area contributed by atoms with Gasteiger partial charge >= 0.3 is 5.82 Å². The predicted octanol–water partition coefficient (Wildman–Crippen LogP) is 1.79. The molecule has 0 aliphatic rings. The maximum Gasteiger partial charge on any atom is 0.357 e. The van der Waals surface area contributed by atoms with Crippen LogP contribution in [0.1, 0.15) is 10.5 Å². The summed E-state index contributed by atoms with van der Waals surface area (Å²) in [5.41, 5.74) is -0.0908. The Hall–Kier alpha value is -1.81. The third-order valence-electron chi connectivity index (χ3n) is 1.74. The third-order valence-corrected chi connectivity index (χ3v) is 3.18. The van der Waals surface area contributed by atoms with Crippen LogP contribution in [0.15, 0.2) is 16.0 Å². The smallest absolute Gasteiger partial charge is 0.357 e. The first-order valence-corrected chi connectivity index (χ1v) is 5.86. The number of hydrogen-bond acceptors (Lipinski definition) is 6. The van der Waals surface area contributed by atoms with E-state index < -0.39 is 10.8 Å². The highest BCUT2D eigenvalue weighted by molar-refractivity contribution is 9.10. The molecule has 17 heavy (non-hydrogen) atoms. The molecule has 2 N–H and O–H groups in total. The first kappa shape index (κ1) is 11.7. The Morgan fingerprint density at radius 2 is 2.41 bits per heavy atom. The van der Waals surface area contributed by atoms with E-state index in [1.165, 1.54) is 17.5 Å². The number of anilines is 1. The quantitative estimate of drug-likeness (QED) is 0.661. The standard InChI is InChI=1S/C7H4BrN5O3S/c8-3-4(11-12-5(3)13(15)16)6(14)10-7-9-1-2-17-7/h1-2H,(H,11,12)(H,9,10,14). The van der Waals surface area contributed by atoms with E-state index in [0.29, 0.717) is 5.13 Å². The second-order valence-electron chi connectivity index (χ2n) is 2.78. The normalized spacial score (nSPS) is 10.2. The summed E-state index contributed by atoms with van der Waals surface area (Å²) >= 11 is 4.18. The van der Waals surface area contributed by atoms with Crippen molar-refractivity contribution in [3.63, 3.8) is 0 Å². The van der Waals surface area contributed by atoms with Crippen molar-refractivity contribution in [2.45, 2.75) is 0 Å². The zero-order valence-electron chi connectivity index (χ0n) is 8.01. The Labute approximate surface area is 106 Å². The van der Waals surface area contributed by atoms with Crippen molar-refractivity contribution in [1.29, 1.82) is 0 Å². The van der Waals surface area contributed by atoms with E-state index in [2.05, 4.69) is 36.4 Å². The summed E-state index contributed by atoms with van der Waals surface area (Å²) in [5, 5.41) is 20.8. The highest BCUT2D eigenvalue weighted by atomic mass is 79.9. The van der Waals surface area contributed by atoms with E-state index in [-0.39, 0.29) is 16.0 Å². The highest BCUT2D eigenvalue weighted by Gasteiger charge is 2.24. The molecule has 10 heteroatoms. The number of nitro groups is 1. The fourth-order valence-electron chi connectivity index (χ4n) is 1.03. The second kappa shape index (κ2) is 4.59. The van der Waals surface area contributed by atoms with Crippen LogP contribution < -0.4 is 5.32 Å². The molecule has 0 aliphatic carbocycles. The molecule has 0 unspecified atom stereocenters. The van der Waals surface area contributed by atoms with Crippen molar-refractivity contribution in [2.75, 3.05) is 5.32 Å². The lowest BCUT2D eigenvalue weighted by atomic mass is 10.4. The van der Waals surface area contributed by atoms with Crippen molar-refractivity contribution in [1.82, 2.24) is 15.2 Å². The van der Waals surface area contributed by atoms with E-state index in [4.69, 9.17) is 0 Å². The van der Waals surface area contributed by atoms with Crippen LogP contribution in [-0.4, -0.2) is 26.0 Å². The largest absolute Gasteiger partial charge is 0.358 e. The molecule has 0 saturated heterocycles. The minimum atomic E-state index is -0.669. The van der Waals surface area contributed by atoms with Gasteiger partial charge in [0.15, 0.2) is 10.8 Å². The number of aromatic nitrogens is 3. The number of rotatable bonds is 3. The summed E-state index contributed by atoms with van der Waals surface area (Å²) in [6, 6.07) is 0. The molecule has 0 saturated carbocycles. The maximum absolute atomic E-state index is 11.7. The second-order valence-corrected chi connectivity index (χ2v) is 4.47. The van der Waals surface area contributed by atoms with Gasteiger partial charge in [0.1, 0.15) is 4.47 Å². The first-order valence-electron chi connectivity index (χ1n) is 4.18. The average molecular weight is 318 g/mol. The van der Waals surface area contributed by atoms with Gasteiger partial charge in [-0.2, -0.15) is 0 Å². The van der Waals surface area contributed by atoms with E-state index in [1.807, 2.05) is 0 Å². The van der Waals surface area contributed by atoms with E-state index in [0.717, 1.165) is 0 Å². The van der Waals surface area contributed by atoms with Gasteiger partial charge in [0.25, 0.3) is 5.91 Å². The fraction of sp³-hybridized carbons (Fsp3) is 0. The lowest BCUT2D eigenvalue weighted by Gasteiger charge is -1.96. The molecule has 0 radical (unpaired) electrons. The number of hydrogen-bond donors (Lipinski definition) is 2. The lowest BCUT2D eigenvalue weighted by Crippen LogP contribution is -2.12. The molecule has 2 heterocycles. The molecule has 1 amide bonds. The van der Waals surface area contributed by atoms with E-state index in [1.54, 1.807) is 5.38 Å². The minimum absolute atomic E-state index is 0.0107. The van der Waals surface area contributed by atoms with Gasteiger partial charge in [-0.15, -0.1) is 16.4 Å². The van der Waals surface area contributed by atoms with Gasteiger partial charge in [-0.25, -0.2) is 4.98 Å². The SMILES string of the molecule is O=C(Nc1nccs1)c1n[nH]c([N+](=O)[O-])c1Br. The molecule has 88 valence electrons. The maximum atomic E-state index is 11.7. The van der Waals surface area contributed by atoms with Gasteiger partial charge in [-0.1, -0.05) is 5.10 Å². The molecule has 0 bridgehead atoms. The topological polar surface area (TPSA) is 114 Å². The first-order chi connectivity index (χ1) is 8.09. The number of carbonyl (C=O) groups is 1. The molecule has 2 aromatic heterocycles. The Kier molecular flexibility index (Phi) is 3.15. The van der Waals surface area contributed by atoms with Crippen LogP contribution in [0.3, 0.4) is 0 Å². The molecule has 0 fully saturated rings. The van der Waals surface area contributed by atoms with Crippen molar-refractivity contribution in [3.05, 3.63) is 31.9 Å². The van der Waals surface area contributed by atoms with E-state index >= 15 is 0 Å². The van der Waals surface area contributed by atoms with Crippen LogP contribution in [0.4, 0.5) is 10.9 Å². The number of halogens is 1. The number of H-pyrrole nitrogens is 1. The summed E-state index contributed by atoms with van der Waals surface area (Å²) < 4.78 is 0.0107. The van der Waals surface area contributed by atoms with Crippen molar-refractivity contribution >= 4 is 44.1 Å². The molecule has 8 nitrogen and oxygen atoms in total. The summed E-state index contributed by atoms with van der Waals surface area (Å²) in [7, 11) is 0. The van der Waals surface area contributed by atoms with Crippen molar-refractivity contribution in [2.24, 2.45) is 0 Å². The van der Waals surface area contributed by atoms with Crippen LogP contribution in [0.25, 0.3) is 0 Å². The number of nitrogens with zero attached hydrogens (tertiary/aromatic N) is 3. The average Bonchev–Trinajstić information content (AvgIpc) is 2.86. The number of carbonyl (C=O) groups excluding carboxylic acids is 1. The summed E-state index contributed by atoms with van der Waals surface area (Å²) in [5.74, 6) is -0.939. The number of amides is 1. The molecular weight excluding hydrogens is 314 g/mol. The van der Waals surface area contributed by atoms with Crippen LogP contribution in [0, 0.1) is 10.1 Å². The fourth-order valence-corrected chi connectivity index (χ4v) is 2.06. The van der Waals surface area contributed by atoms with Gasteiger partial charge in [0.05, 0.1) is 0 Å². The van der Waals surface area contributed by atoms with Crippen LogP contribution >= 0.6 is 27.3 Å². The van der Waals surface area contributed by atoms with E-state index in [9.17, 15) is 14.9 Å². The number of aromatic amines is 1. The lowest BCUT2D eigenvalue weighted by molar-refractivity contribution is -0.390. The number of thiazole rings is 1. The van der Waals surface area contributed by atoms with Gasteiger partial charge in [0.2, 0.25) is 0 Å². The summed E-state index contributed by atoms with van der Waals surface area (Å²) in [4.78, 5) is 25.4. The van der Waals surface area contributed by atoms with Crippen LogP contribution in [0.2, 0.25) is 0 Å². The monoisotopic (exact) mass is 317 g/mol. The molecular formula is C7H4BrN5O3S. The van der Waals surface area contributed by atoms with Crippen LogP contribution in [0.5, 0.6) is 0 Å². The molecule has 0 aliphatic heterocycles. The van der Waals surface area contributed by atoms with Crippen LogP contribution in [-0.2, 0) is 0 Å². The molecule has 0 spiro atoms. The van der Waals surface area contributed by atoms with Gasteiger partial charge in [-0.3, -0.25) is 10.1 Å². The Morgan fingerprint density at radius 1 is 1.65 bits per heavy atom. The number of nitrogens with one attached hydrogen (secondary N) is 2. The zero-order valence-corrected chi connectivity index (χ0v) is 10.4. The zero-order chi connectivity index (χ0) is 12.4. The van der Waals surface area contributed by atoms with Gasteiger partial charge in [-0.05, 0) is 20.9 Å². The summed E-state index contributed by atoms with van der Waals surface area (Å²) in [6.45, 7) is 0. The van der Waals surface area contributed by atoms with Crippen molar-refractivity contribution < 1.29 is 9.72 Å². The molecule has 0 atom stereocenters. The Balaban J connectivity index is 2.23. The predicted molar refractivity (Wildman–Crippen MR) is 63.0 cm³/mol. The highest BCUT2D eigenvalue weighted by Crippen LogP contribution is 2.26. The van der Waals surface area contributed by atoms with Crippen molar-refractivity contribution in [3.8, 4) is 0 Å². The molecule has 2 rings (SSSR count). The Bertz CT molecular complexity index is 566. The molecule has 2 aromatic rings. The summed E-state index contributed by atoms with van der Waals surface area (Å²) in [6.07, 6.45) is 1.53. The molecule has 0 aromatic carbocycles. The Morgan fingerprint density at radius 3 is 2.94 bits per heavy atom. The van der Waals surface area contributed by atoms with Gasteiger partial charge < -0.3 is 10.1 Å². The van der Waals surface area contributed by atoms with Gasteiger partial charge in [0, 0.05) is 11.6 Å².